The monoisotopic (exact) mass is 2100 g/mol. The first-order valence-corrected chi connectivity index (χ1v) is 47.4. The summed E-state index contributed by atoms with van der Waals surface area (Å²) in [5.74, 6) is -27.9. The highest BCUT2D eigenvalue weighted by Gasteiger charge is 2.41. The molecule has 0 aliphatic carbocycles. The first-order chi connectivity index (χ1) is 69.5. The molecule has 19 atom stereocenters. The summed E-state index contributed by atoms with van der Waals surface area (Å²) in [5, 5.41) is 142. The highest BCUT2D eigenvalue weighted by Crippen LogP contribution is 2.20. The van der Waals surface area contributed by atoms with Crippen LogP contribution >= 0.6 is 25.3 Å². The van der Waals surface area contributed by atoms with Crippen LogP contribution in [0.4, 0.5) is 0 Å². The molecule has 802 valence electrons. The van der Waals surface area contributed by atoms with E-state index in [1.165, 1.54) is 79.7 Å². The van der Waals surface area contributed by atoms with E-state index >= 15 is 9.59 Å². The van der Waals surface area contributed by atoms with E-state index in [2.05, 4.69) is 116 Å². The van der Waals surface area contributed by atoms with Crippen molar-refractivity contribution in [2.75, 3.05) is 51.0 Å². The Kier molecular flexibility index (Phi) is 51.5. The predicted octanol–water partition coefficient (Wildman–Crippen LogP) is -9.61. The van der Waals surface area contributed by atoms with E-state index in [0.717, 1.165) is 13.8 Å². The third-order valence-corrected chi connectivity index (χ3v) is 23.1. The smallest absolute Gasteiger partial charge is 0.328 e. The fourth-order valence-corrected chi connectivity index (χ4v) is 14.5. The van der Waals surface area contributed by atoms with Crippen molar-refractivity contribution in [3.63, 3.8) is 0 Å². The van der Waals surface area contributed by atoms with Gasteiger partial charge < -0.3 is 158 Å². The fraction of sp³-hybridized carbons (Fsp3) is 0.457. The number of thiol groups is 2. The number of primary amides is 1. The summed E-state index contributed by atoms with van der Waals surface area (Å²) in [4.78, 5) is 289. The SMILES string of the molecule is CC[C@H](C)[C@H](NC(=O)[C@H](CC(=O)O)NC(=O)[C@H](CC(C)C)NC(=O)[C@H](Cc1ccc(O)cc1)NC(=O)[C@H](CC(N)=O)NC(=O)[C@H](Cc1ccc(O)cc1)NC(=O)[C@H](Cc1ccccc1)NC(=O)[C@H](CO)NC(=O)[C@H](CS)NC(=O)[C@H](Cc1ccccc1)NC(=O)[C@H](Cc1ccc(O)cc1)NC(=O)CNC(=O)[C@H](CS)NC(=O)[C@@H](N)CO)C(=O)NCC(=O)N[C@H](C(=O)N[C@@H](C)C(=O)N[C@@H](CO)C(=O)N[C@@H](CO)C(=O)O)[C@@H](C)O. The second-order valence-electron chi connectivity index (χ2n) is 34.6. The molecular weight excluding hydrogens is 1970 g/mol. The highest BCUT2D eigenvalue weighted by molar-refractivity contribution is 7.80. The third kappa shape index (κ3) is 42.2. The van der Waals surface area contributed by atoms with Crippen LogP contribution in [-0.4, -0.2) is 335 Å². The molecule has 5 aromatic rings. The molecule has 0 aromatic heterocycles. The number of nitrogens with one attached hydrogen (secondary N) is 18. The zero-order chi connectivity index (χ0) is 110. The molecule has 5 rings (SSSR count). The molecule has 51 nitrogen and oxygen atoms in total. The maximum Gasteiger partial charge on any atom is 0.328 e. The molecule has 0 unspecified atom stereocenters. The van der Waals surface area contributed by atoms with Crippen molar-refractivity contribution in [2.24, 2.45) is 23.3 Å². The number of aliphatic hydroxyl groups excluding tert-OH is 5. The van der Waals surface area contributed by atoms with Crippen LogP contribution in [0, 0.1) is 11.8 Å². The topological polar surface area (TPSA) is 829 Å². The second-order valence-corrected chi connectivity index (χ2v) is 35.3. The van der Waals surface area contributed by atoms with Gasteiger partial charge in [-0.25, -0.2) is 4.79 Å². The van der Waals surface area contributed by atoms with Crippen LogP contribution in [-0.2, 0) is 133 Å². The largest absolute Gasteiger partial charge is 0.508 e. The first-order valence-electron chi connectivity index (χ1n) is 46.2. The number of benzene rings is 5. The summed E-state index contributed by atoms with van der Waals surface area (Å²) in [7, 11) is 0. The standard InChI is InChI=1S/C94H128N20O31S2/c1-7-47(4)76(92(142)98-39-74(125)113-77(49(6)119)93(143)99-48(5)78(128)108-67(41-116)90(140)110-69(43-118)94(144)145)114-88(138)66(37-75(126)127)107-81(131)59(30-46(2)3)101-83(133)63(34-53-20-26-56(121)27-21-53)104-87(137)65(36-72(96)123)106-85(135)64(35-54-22-28-57(122)29-23-54)103-84(134)61(31-50-14-10-8-11-15-50)105-89(139)68(42-117)109-91(141)71(45-147)112-86(136)62(32-51-16-12-9-13-17-51)102-82(132)60(33-52-18-24-55(120)25-19-52)100-73(124)38-97-80(130)70(44-146)111-79(129)58(95)40-115/h8-29,46-49,58-71,76-77,115-122,146-147H,7,30-45,95H2,1-6H3,(H2,96,123)(H,97,130)(H,98,142)(H,99,143)(H,100,124)(H,101,133)(H,102,132)(H,103,134)(H,104,137)(H,105,139)(H,106,135)(H,107,131)(H,108,128)(H,109,141)(H,110,140)(H,111,129)(H,112,136)(H,113,125)(H,114,138)(H,126,127)(H,144,145)/t47-,48-,49+,58-,59-,60-,61-,62-,63-,64-,65-,66-,67-,68-,69-,70-,71-,76-,77-/m0/s1. The number of carboxylic acids is 2. The van der Waals surface area contributed by atoms with Crippen molar-refractivity contribution < 1.29 is 152 Å². The van der Waals surface area contributed by atoms with Crippen LogP contribution in [0.5, 0.6) is 17.2 Å². The number of aromatic hydroxyl groups is 3. The van der Waals surface area contributed by atoms with Gasteiger partial charge in [-0.15, -0.1) is 0 Å². The Morgan fingerprint density at radius 3 is 0.986 bits per heavy atom. The first kappa shape index (κ1) is 122. The van der Waals surface area contributed by atoms with E-state index in [9.17, 15) is 137 Å². The molecule has 0 spiro atoms. The van der Waals surface area contributed by atoms with E-state index in [1.807, 2.05) is 5.32 Å². The number of carboxylic acid groups (broad SMARTS) is 2. The van der Waals surface area contributed by atoms with Gasteiger partial charge in [-0.1, -0.05) is 131 Å². The molecule has 0 aliphatic rings. The molecule has 0 aliphatic heterocycles. The number of phenols is 3. The van der Waals surface area contributed by atoms with Crippen LogP contribution < -0.4 is 107 Å². The number of amides is 19. The fourth-order valence-electron chi connectivity index (χ4n) is 14.0. The lowest BCUT2D eigenvalue weighted by Gasteiger charge is -2.29. The van der Waals surface area contributed by atoms with E-state index < -0.39 is 322 Å². The summed E-state index contributed by atoms with van der Waals surface area (Å²) in [6.07, 6.45) is -6.13. The van der Waals surface area contributed by atoms with Gasteiger partial charge in [0.25, 0.3) is 0 Å². The zero-order valence-electron chi connectivity index (χ0n) is 80.9. The summed E-state index contributed by atoms with van der Waals surface area (Å²) in [6, 6.07) is 2.01. The lowest BCUT2D eigenvalue weighted by atomic mass is 9.97. The second kappa shape index (κ2) is 61.8. The predicted molar refractivity (Wildman–Crippen MR) is 527 cm³/mol. The molecule has 53 heteroatoms. The molecular formula is C94H128N20O31S2. The number of carbonyl (C=O) groups is 21. The molecule has 32 N–H and O–H groups in total. The Bertz CT molecular complexity index is 5350. The molecule has 0 radical (unpaired) electrons. The van der Waals surface area contributed by atoms with Crippen LogP contribution in [0.25, 0.3) is 0 Å². The van der Waals surface area contributed by atoms with Crippen LogP contribution in [0.1, 0.15) is 95.0 Å². The van der Waals surface area contributed by atoms with Crippen molar-refractivity contribution in [3.8, 4) is 17.2 Å². The van der Waals surface area contributed by atoms with Gasteiger partial charge in [0.15, 0.2) is 0 Å². The van der Waals surface area contributed by atoms with Gasteiger partial charge in [0.05, 0.1) is 58.5 Å². The normalized spacial score (nSPS) is 14.9. The number of phenolic OH excluding ortho intramolecular Hbond substituents is 3. The summed E-state index contributed by atoms with van der Waals surface area (Å²) in [5.41, 5.74) is 12.9. The maximum absolute atomic E-state index is 15.1. The van der Waals surface area contributed by atoms with E-state index in [4.69, 9.17) is 16.6 Å². The molecule has 5 aromatic carbocycles. The Balaban J connectivity index is 1.38. The van der Waals surface area contributed by atoms with Crippen LogP contribution in [0.15, 0.2) is 133 Å². The molecule has 19 amide bonds. The number of rotatable bonds is 62. The van der Waals surface area contributed by atoms with Crippen molar-refractivity contribution >= 4 is 149 Å². The molecule has 0 bridgehead atoms. The van der Waals surface area contributed by atoms with E-state index in [1.54, 1.807) is 81.4 Å². The number of hydrogen-bond donors (Lipinski definition) is 32. The minimum absolute atomic E-state index is 0.114. The highest BCUT2D eigenvalue weighted by atomic mass is 32.1. The molecule has 147 heavy (non-hydrogen) atoms. The molecule has 0 fully saturated rings. The lowest BCUT2D eigenvalue weighted by molar-refractivity contribution is -0.143. The number of aliphatic hydroxyl groups is 5. The van der Waals surface area contributed by atoms with Crippen molar-refractivity contribution in [2.45, 2.75) is 208 Å². The van der Waals surface area contributed by atoms with E-state index in [-0.39, 0.29) is 59.8 Å². The Hall–Kier alpha value is -15.2. The Labute approximate surface area is 853 Å². The average Bonchev–Trinajstić information content (AvgIpc) is 0.838. The Morgan fingerprint density at radius 1 is 0.313 bits per heavy atom. The quantitative estimate of drug-likeness (QED) is 0.0161. The number of aliphatic carboxylic acids is 2. The van der Waals surface area contributed by atoms with Gasteiger partial charge in [-0.2, -0.15) is 25.3 Å². The Morgan fingerprint density at radius 2 is 0.619 bits per heavy atom. The lowest BCUT2D eigenvalue weighted by Crippen LogP contribution is -2.62. The van der Waals surface area contributed by atoms with E-state index in [0.29, 0.717) is 16.7 Å². The summed E-state index contributed by atoms with van der Waals surface area (Å²) >= 11 is 8.37. The minimum Gasteiger partial charge on any atom is -0.508 e. The summed E-state index contributed by atoms with van der Waals surface area (Å²) in [6.45, 7) is 2.54. The van der Waals surface area contributed by atoms with Gasteiger partial charge in [0.1, 0.15) is 120 Å². The van der Waals surface area contributed by atoms with Crippen molar-refractivity contribution in [3.05, 3.63) is 161 Å². The van der Waals surface area contributed by atoms with Crippen molar-refractivity contribution in [1.82, 2.24) is 95.7 Å². The number of nitrogens with two attached hydrogens (primary N) is 2. The molecule has 0 heterocycles. The minimum atomic E-state index is -2.08. The average molecular weight is 2100 g/mol. The molecule has 0 saturated heterocycles. The maximum atomic E-state index is 15.1. The third-order valence-electron chi connectivity index (χ3n) is 22.3. The van der Waals surface area contributed by atoms with Gasteiger partial charge in [-0.05, 0) is 96.3 Å². The number of carbonyl (C=O) groups excluding carboxylic acids is 19. The van der Waals surface area contributed by atoms with Crippen LogP contribution in [0.3, 0.4) is 0 Å². The zero-order valence-corrected chi connectivity index (χ0v) is 82.7. The van der Waals surface area contributed by atoms with Crippen LogP contribution in [0.2, 0.25) is 0 Å². The molecule has 0 saturated carbocycles. The van der Waals surface area contributed by atoms with Crippen molar-refractivity contribution in [1.29, 1.82) is 0 Å². The summed E-state index contributed by atoms with van der Waals surface area (Å²) < 4.78 is 0. The van der Waals surface area contributed by atoms with Gasteiger partial charge in [-0.3, -0.25) is 95.9 Å². The number of hydrogen-bond acceptors (Lipinski definition) is 32. The van der Waals surface area contributed by atoms with Gasteiger partial charge in [0, 0.05) is 43.6 Å². The van der Waals surface area contributed by atoms with Gasteiger partial charge in [0.2, 0.25) is 112 Å². The van der Waals surface area contributed by atoms with Gasteiger partial charge >= 0.3 is 11.9 Å².